The molecule has 9 heteroatoms. The lowest BCUT2D eigenvalue weighted by Crippen LogP contribution is -2.39. The SMILES string of the molecule is C[C@H]1C=C[C@H]([C@@H](O)CC(=O)CCc2ccc3c(c2)O[C@@H]2[C@@H](C#C[C@@H](O)c4ccc5c6c4[C@H](C=C[C@H]6CN[C@H]5N)c4c[nH]c5cn2cc45)C2(C#CO3)CCCC2)CC1. The summed E-state index contributed by atoms with van der Waals surface area (Å²) in [7, 11) is 0. The number of rotatable bonds is 6. The normalized spacial score (nSPS) is 29.3. The summed E-state index contributed by atoms with van der Waals surface area (Å²) in [6.07, 6.45) is 22.2. The van der Waals surface area contributed by atoms with Crippen LogP contribution >= 0.6 is 0 Å². The van der Waals surface area contributed by atoms with E-state index >= 15 is 0 Å². The summed E-state index contributed by atoms with van der Waals surface area (Å²) in [5.74, 6) is 11.7. The van der Waals surface area contributed by atoms with Crippen LogP contribution in [-0.2, 0) is 11.2 Å². The molecule has 5 heterocycles. The lowest BCUT2D eigenvalue weighted by molar-refractivity contribution is -0.121. The second-order valence-electron chi connectivity index (χ2n) is 17.3. The van der Waals surface area contributed by atoms with Gasteiger partial charge in [-0.2, -0.15) is 0 Å². The Bertz CT molecular complexity index is 2430. The maximum absolute atomic E-state index is 13.1. The van der Waals surface area contributed by atoms with Gasteiger partial charge in [0, 0.05) is 61.1 Å². The van der Waals surface area contributed by atoms with Gasteiger partial charge in [0.25, 0.3) is 0 Å². The first kappa shape index (κ1) is 36.3. The van der Waals surface area contributed by atoms with Crippen LogP contribution in [0.25, 0.3) is 10.9 Å². The quantitative estimate of drug-likeness (QED) is 0.103. The highest BCUT2D eigenvalue weighted by Crippen LogP contribution is 2.52. The van der Waals surface area contributed by atoms with Crippen molar-refractivity contribution in [1.29, 1.82) is 0 Å². The average Bonchev–Trinajstić information content (AvgIpc) is 3.96. The molecule has 0 radical (unpaired) electrons. The van der Waals surface area contributed by atoms with Crippen LogP contribution in [0.15, 0.2) is 73.2 Å². The third-order valence-electron chi connectivity index (χ3n) is 13.7. The molecule has 0 unspecified atom stereocenters. The van der Waals surface area contributed by atoms with Gasteiger partial charge in [-0.1, -0.05) is 80.0 Å². The summed E-state index contributed by atoms with van der Waals surface area (Å²) in [4.78, 5) is 16.7. The Hall–Kier alpha value is -5.03. The third-order valence-corrected chi connectivity index (χ3v) is 13.7. The lowest BCUT2D eigenvalue weighted by Gasteiger charge is -2.37. The topological polar surface area (TPSA) is 135 Å². The number of allylic oxidation sites excluding steroid dienone is 2. The van der Waals surface area contributed by atoms with E-state index in [-0.39, 0.29) is 36.1 Å². The number of aliphatic hydroxyl groups is 2. The number of benzene rings is 2. The molecular formula is C48H50N4O5. The summed E-state index contributed by atoms with van der Waals surface area (Å²) in [6, 6.07) is 9.86. The maximum Gasteiger partial charge on any atom is 0.191 e. The fourth-order valence-electron chi connectivity index (χ4n) is 10.4. The number of hydrogen-bond acceptors (Lipinski definition) is 7. The molecule has 1 spiro atoms. The van der Waals surface area contributed by atoms with Crippen LogP contribution in [0.5, 0.6) is 11.5 Å². The summed E-state index contributed by atoms with van der Waals surface area (Å²) in [6.45, 7) is 2.91. The minimum absolute atomic E-state index is 0.0308. The number of nitrogens with two attached hydrogens (primary N) is 1. The molecule has 6 aliphatic rings. The second-order valence-corrected chi connectivity index (χ2v) is 17.3. The fraction of sp³-hybridized carbons (Fsp3) is 0.438. The summed E-state index contributed by atoms with van der Waals surface area (Å²) >= 11 is 0. The molecule has 3 aliphatic carbocycles. The molecule has 9 nitrogen and oxygen atoms in total. The van der Waals surface area contributed by atoms with Gasteiger partial charge in [-0.15, -0.1) is 0 Å². The smallest absolute Gasteiger partial charge is 0.191 e. The number of aromatic nitrogens is 2. The van der Waals surface area contributed by atoms with Crippen LogP contribution in [0.4, 0.5) is 0 Å². The van der Waals surface area contributed by atoms with E-state index in [0.717, 1.165) is 83.8 Å². The van der Waals surface area contributed by atoms with Gasteiger partial charge in [0.15, 0.2) is 17.7 Å². The van der Waals surface area contributed by atoms with Crippen molar-refractivity contribution in [2.45, 2.75) is 101 Å². The number of nitrogens with one attached hydrogen (secondary N) is 2. The van der Waals surface area contributed by atoms with Crippen molar-refractivity contribution in [2.24, 2.45) is 28.9 Å². The number of ketones is 1. The van der Waals surface area contributed by atoms with Gasteiger partial charge < -0.3 is 35.0 Å². The van der Waals surface area contributed by atoms with Gasteiger partial charge in [0.2, 0.25) is 0 Å². The zero-order valence-corrected chi connectivity index (χ0v) is 32.3. The average molecular weight is 763 g/mol. The lowest BCUT2D eigenvalue weighted by atomic mass is 9.71. The monoisotopic (exact) mass is 762 g/mol. The Kier molecular flexibility index (Phi) is 9.18. The number of Topliss-reactive ketones (excluding diaryl/α,β-unsaturated/α-hetero) is 1. The van der Waals surface area contributed by atoms with E-state index in [1.54, 1.807) is 0 Å². The minimum atomic E-state index is -1.04. The van der Waals surface area contributed by atoms with E-state index in [4.69, 9.17) is 15.2 Å². The van der Waals surface area contributed by atoms with Gasteiger partial charge in [0.05, 0.1) is 29.1 Å². The summed E-state index contributed by atoms with van der Waals surface area (Å²) < 4.78 is 15.4. The van der Waals surface area contributed by atoms with Crippen LogP contribution < -0.4 is 20.5 Å². The summed E-state index contributed by atoms with van der Waals surface area (Å²) in [5.41, 5.74) is 13.3. The molecule has 2 aromatic heterocycles. The Labute approximate surface area is 333 Å². The molecule has 0 amide bonds. The van der Waals surface area contributed by atoms with Crippen LogP contribution in [0, 0.1) is 47.0 Å². The van der Waals surface area contributed by atoms with Crippen molar-refractivity contribution in [3.05, 3.63) is 107 Å². The number of H-pyrrole nitrogens is 1. The highest BCUT2D eigenvalue weighted by molar-refractivity contribution is 5.85. The van der Waals surface area contributed by atoms with Crippen molar-refractivity contribution in [2.75, 3.05) is 6.54 Å². The molecule has 6 N–H and O–H groups in total. The molecule has 1 saturated carbocycles. The molecular weight excluding hydrogens is 713 g/mol. The van der Waals surface area contributed by atoms with Crippen molar-refractivity contribution >= 4 is 16.7 Å². The van der Waals surface area contributed by atoms with Gasteiger partial charge in [-0.25, -0.2) is 0 Å². The Morgan fingerprint density at radius 3 is 2.72 bits per heavy atom. The number of ether oxygens (including phenoxy) is 2. The molecule has 292 valence electrons. The first-order valence-corrected chi connectivity index (χ1v) is 20.8. The largest absolute Gasteiger partial charge is 0.465 e. The highest BCUT2D eigenvalue weighted by atomic mass is 16.5. The molecule has 0 saturated heterocycles. The number of fused-ring (bicyclic) bond motifs is 6. The van der Waals surface area contributed by atoms with Crippen LogP contribution in [0.3, 0.4) is 0 Å². The van der Waals surface area contributed by atoms with E-state index in [1.807, 2.05) is 24.3 Å². The number of carbonyl (C=O) groups excluding carboxylic acids is 1. The van der Waals surface area contributed by atoms with Crippen molar-refractivity contribution in [1.82, 2.24) is 14.9 Å². The van der Waals surface area contributed by atoms with Gasteiger partial charge >= 0.3 is 0 Å². The molecule has 2 aromatic carbocycles. The van der Waals surface area contributed by atoms with E-state index < -0.39 is 29.8 Å². The molecule has 1 fully saturated rings. The van der Waals surface area contributed by atoms with Gasteiger partial charge in [0.1, 0.15) is 18.0 Å². The molecule has 4 aromatic rings. The number of nitrogens with zero attached hydrogens (tertiary/aromatic N) is 1. The zero-order chi connectivity index (χ0) is 38.8. The zero-order valence-electron chi connectivity index (χ0n) is 32.3. The minimum Gasteiger partial charge on any atom is -0.465 e. The van der Waals surface area contributed by atoms with E-state index in [0.29, 0.717) is 30.3 Å². The predicted molar refractivity (Wildman–Crippen MR) is 218 cm³/mol. The Morgan fingerprint density at radius 1 is 1.02 bits per heavy atom. The molecule has 57 heavy (non-hydrogen) atoms. The van der Waals surface area contributed by atoms with Crippen LogP contribution in [-0.4, -0.2) is 38.2 Å². The number of aliphatic hydroxyl groups excluding tert-OH is 2. The fourth-order valence-corrected chi connectivity index (χ4v) is 10.4. The maximum atomic E-state index is 13.1. The van der Waals surface area contributed by atoms with Crippen molar-refractivity contribution in [3.8, 4) is 35.4 Å². The number of carbonyl (C=O) groups is 1. The standard InChI is InChI=1S/C48H50N4O5/c1-28-4-8-30(9-5-28)41(55)23-32(53)11-6-29-7-17-42-43(22-29)57-47-38(48(20-21-56-42)18-2-3-19-48)15-16-40(54)34-13-14-35-44-31(24-51-46(35)49)10-12-33(45(34)44)36-25-50-39-27-52(47)26-37(36)39/h4,7-8,10,12-14,17,22,25-28,30-31,33,38,40-41,46-47,50-51,54-55H,2-3,5-6,9,11,18-19,23-24,49H2,1H3/t28-,30-,31-,33+,38+,40+,41-,46+,47+/m0/s1. The second kappa shape index (κ2) is 14.4. The highest BCUT2D eigenvalue weighted by Gasteiger charge is 2.47. The number of aromatic amines is 1. The predicted octanol–water partition coefficient (Wildman–Crippen LogP) is 7.33. The van der Waals surface area contributed by atoms with Crippen molar-refractivity contribution < 1.29 is 24.5 Å². The molecule has 10 rings (SSSR count). The van der Waals surface area contributed by atoms with E-state index in [1.165, 1.54) is 5.56 Å². The van der Waals surface area contributed by atoms with Crippen LogP contribution in [0.2, 0.25) is 0 Å². The van der Waals surface area contributed by atoms with E-state index in [9.17, 15) is 15.0 Å². The van der Waals surface area contributed by atoms with Gasteiger partial charge in [-0.3, -0.25) is 10.1 Å². The molecule has 2 bridgehead atoms. The van der Waals surface area contributed by atoms with Crippen LogP contribution in [0.1, 0.15) is 122 Å². The van der Waals surface area contributed by atoms with Gasteiger partial charge in [-0.05, 0) is 83.5 Å². The summed E-state index contributed by atoms with van der Waals surface area (Å²) in [5, 5.41) is 27.5. The first-order valence-electron chi connectivity index (χ1n) is 20.8. The molecule has 3 aliphatic heterocycles. The first-order chi connectivity index (χ1) is 27.7. The third kappa shape index (κ3) is 6.42. The Morgan fingerprint density at radius 2 is 1.88 bits per heavy atom. The number of aryl methyl sites for hydroxylation is 1. The number of hydrogen-bond donors (Lipinski definition) is 5. The van der Waals surface area contributed by atoms with E-state index in [2.05, 4.69) is 94.6 Å². The van der Waals surface area contributed by atoms with Crippen molar-refractivity contribution in [3.63, 3.8) is 0 Å². The molecule has 9 atom stereocenters. The Balaban J connectivity index is 1.03.